The van der Waals surface area contributed by atoms with Gasteiger partial charge in [0.2, 0.25) is 5.91 Å². The third kappa shape index (κ3) is 3.80. The minimum atomic E-state index is -4.64. The molecular weight excluding hydrogens is 355 g/mol. The van der Waals surface area contributed by atoms with Crippen LogP contribution in [0.15, 0.2) is 24.3 Å². The van der Waals surface area contributed by atoms with E-state index in [0.717, 1.165) is 22.9 Å². The van der Waals surface area contributed by atoms with Crippen LogP contribution in [0.2, 0.25) is 0 Å². The number of benzene rings is 1. The molecule has 0 aliphatic carbocycles. The van der Waals surface area contributed by atoms with E-state index in [4.69, 9.17) is 5.26 Å². The van der Waals surface area contributed by atoms with Crippen LogP contribution in [0.25, 0.3) is 0 Å². The molecule has 136 valence electrons. The third-order valence-electron chi connectivity index (χ3n) is 3.55. The molecule has 8 nitrogen and oxygen atoms in total. The van der Waals surface area contributed by atoms with Crippen molar-refractivity contribution >= 4 is 17.3 Å². The number of nitro benzene ring substituents is 1. The van der Waals surface area contributed by atoms with Gasteiger partial charge in [0, 0.05) is 17.8 Å². The number of amides is 1. The predicted molar refractivity (Wildman–Crippen MR) is 83.1 cm³/mol. The Morgan fingerprint density at radius 1 is 1.42 bits per heavy atom. The lowest BCUT2D eigenvalue weighted by Crippen LogP contribution is -2.26. The summed E-state index contributed by atoms with van der Waals surface area (Å²) in [4.78, 5) is 22.3. The Bertz CT molecular complexity index is 914. The van der Waals surface area contributed by atoms with Crippen molar-refractivity contribution in [1.29, 1.82) is 5.26 Å². The van der Waals surface area contributed by atoms with Gasteiger partial charge in [-0.3, -0.25) is 19.6 Å². The number of nitro groups is 1. The number of non-ortho nitro benzene ring substituents is 1. The van der Waals surface area contributed by atoms with Crippen LogP contribution in [0.1, 0.15) is 29.9 Å². The Labute approximate surface area is 145 Å². The number of rotatable bonds is 4. The number of hydrogen-bond acceptors (Lipinski definition) is 5. The molecule has 0 fully saturated rings. The maximum absolute atomic E-state index is 12.7. The molecule has 11 heteroatoms. The molecule has 1 aromatic carbocycles. The summed E-state index contributed by atoms with van der Waals surface area (Å²) >= 11 is 0. The zero-order valence-corrected chi connectivity index (χ0v) is 13.5. The minimum absolute atomic E-state index is 0.0100. The molecule has 0 saturated heterocycles. The summed E-state index contributed by atoms with van der Waals surface area (Å²) in [5.74, 6) is -0.727. The largest absolute Gasteiger partial charge is 0.435 e. The molecule has 0 spiro atoms. The number of alkyl halides is 3. The van der Waals surface area contributed by atoms with Crippen LogP contribution in [0.4, 0.5) is 24.5 Å². The lowest BCUT2D eigenvalue weighted by atomic mass is 10.1. The molecule has 0 aliphatic heterocycles. The average molecular weight is 367 g/mol. The summed E-state index contributed by atoms with van der Waals surface area (Å²) < 4.78 is 39.1. The summed E-state index contributed by atoms with van der Waals surface area (Å²) in [6.45, 7) is 2.71. The molecule has 1 amide bonds. The predicted octanol–water partition coefficient (Wildman–Crippen LogP) is 3.19. The van der Waals surface area contributed by atoms with Gasteiger partial charge in [0.1, 0.15) is 12.1 Å². The van der Waals surface area contributed by atoms with E-state index in [0.29, 0.717) is 0 Å². The number of nitrogens with zero attached hydrogens (tertiary/aromatic N) is 4. The average Bonchev–Trinajstić information content (AvgIpc) is 2.96. The molecule has 0 aliphatic rings. The van der Waals surface area contributed by atoms with Gasteiger partial charge < -0.3 is 5.32 Å². The minimum Gasteiger partial charge on any atom is -0.323 e. The first-order chi connectivity index (χ1) is 12.0. The molecule has 0 saturated carbocycles. The van der Waals surface area contributed by atoms with E-state index in [1.807, 2.05) is 0 Å². The fraction of sp³-hybridized carbons (Fsp3) is 0.267. The highest BCUT2D eigenvalue weighted by Gasteiger charge is 2.35. The van der Waals surface area contributed by atoms with Crippen molar-refractivity contribution in [2.75, 3.05) is 5.32 Å². The number of carbonyl (C=O) groups is 1. The Morgan fingerprint density at radius 3 is 2.58 bits per heavy atom. The van der Waals surface area contributed by atoms with Crippen LogP contribution in [0.5, 0.6) is 0 Å². The number of aromatic nitrogens is 2. The lowest BCUT2D eigenvalue weighted by molar-refractivity contribution is -0.384. The summed E-state index contributed by atoms with van der Waals surface area (Å²) in [5.41, 5.74) is -1.46. The molecule has 0 bridgehead atoms. The van der Waals surface area contributed by atoms with Crippen LogP contribution < -0.4 is 5.32 Å². The van der Waals surface area contributed by atoms with Crippen molar-refractivity contribution in [3.05, 3.63) is 51.3 Å². The van der Waals surface area contributed by atoms with Gasteiger partial charge in [-0.15, -0.1) is 0 Å². The van der Waals surface area contributed by atoms with Gasteiger partial charge in [-0.25, -0.2) is 0 Å². The number of halogens is 3. The monoisotopic (exact) mass is 367 g/mol. The second-order valence-corrected chi connectivity index (χ2v) is 5.38. The van der Waals surface area contributed by atoms with Gasteiger partial charge in [0.05, 0.1) is 16.2 Å². The van der Waals surface area contributed by atoms with Crippen molar-refractivity contribution < 1.29 is 22.9 Å². The highest BCUT2D eigenvalue weighted by atomic mass is 19.4. The number of carbonyl (C=O) groups excluding carboxylic acids is 1. The topological polar surface area (TPSA) is 114 Å². The van der Waals surface area contributed by atoms with E-state index in [-0.39, 0.29) is 22.6 Å². The first-order valence-corrected chi connectivity index (χ1v) is 7.17. The van der Waals surface area contributed by atoms with Crippen molar-refractivity contribution in [3.63, 3.8) is 0 Å². The maximum atomic E-state index is 12.7. The first-order valence-electron chi connectivity index (χ1n) is 7.17. The van der Waals surface area contributed by atoms with Crippen molar-refractivity contribution in [2.45, 2.75) is 26.1 Å². The third-order valence-corrected chi connectivity index (χ3v) is 3.55. The van der Waals surface area contributed by atoms with E-state index >= 15 is 0 Å². The molecule has 26 heavy (non-hydrogen) atoms. The number of aryl methyl sites for hydroxylation is 1. The highest BCUT2D eigenvalue weighted by molar-refractivity contribution is 5.94. The quantitative estimate of drug-likeness (QED) is 0.658. The normalized spacial score (nSPS) is 12.3. The molecule has 1 N–H and O–H groups in total. The SMILES string of the molecule is Cc1cc(C(F)(F)F)nn1C(C)C(=O)Nc1ccc([N+](=O)[O-])cc1C#N. The summed E-state index contributed by atoms with van der Waals surface area (Å²) in [7, 11) is 0. The van der Waals surface area contributed by atoms with Gasteiger partial charge in [-0.05, 0) is 26.0 Å². The Kier molecular flexibility index (Phi) is 4.97. The van der Waals surface area contributed by atoms with Crippen molar-refractivity contribution in [2.24, 2.45) is 0 Å². The van der Waals surface area contributed by atoms with Crippen molar-refractivity contribution in [3.8, 4) is 6.07 Å². The Balaban J connectivity index is 2.27. The van der Waals surface area contributed by atoms with Gasteiger partial charge in [0.15, 0.2) is 5.69 Å². The molecular formula is C15H12F3N5O3. The zero-order chi connectivity index (χ0) is 19.6. The summed E-state index contributed by atoms with van der Waals surface area (Å²) in [6, 6.07) is 4.70. The van der Waals surface area contributed by atoms with E-state index in [2.05, 4.69) is 10.4 Å². The first kappa shape index (κ1) is 18.9. The standard InChI is InChI=1S/C15H12F3N5O3/c1-8-5-13(15(16,17)18)21-22(8)9(2)14(24)20-12-4-3-11(23(25)26)6-10(12)7-19/h3-6,9H,1-2H3,(H,20,24). The van der Waals surface area contributed by atoms with Crippen LogP contribution in [-0.4, -0.2) is 20.6 Å². The van der Waals surface area contributed by atoms with Crippen LogP contribution in [0, 0.1) is 28.4 Å². The van der Waals surface area contributed by atoms with Crippen LogP contribution in [-0.2, 0) is 11.0 Å². The zero-order valence-electron chi connectivity index (χ0n) is 13.5. The lowest BCUT2D eigenvalue weighted by Gasteiger charge is -2.15. The second-order valence-electron chi connectivity index (χ2n) is 5.38. The molecule has 0 radical (unpaired) electrons. The van der Waals surface area contributed by atoms with Gasteiger partial charge in [-0.1, -0.05) is 0 Å². The number of nitriles is 1. The van der Waals surface area contributed by atoms with Gasteiger partial charge in [0.25, 0.3) is 5.69 Å². The Morgan fingerprint density at radius 2 is 2.08 bits per heavy atom. The van der Waals surface area contributed by atoms with Crippen molar-refractivity contribution in [1.82, 2.24) is 9.78 Å². The van der Waals surface area contributed by atoms with E-state index < -0.39 is 28.7 Å². The van der Waals surface area contributed by atoms with Gasteiger partial charge in [-0.2, -0.15) is 23.5 Å². The fourth-order valence-electron chi connectivity index (χ4n) is 2.21. The molecule has 2 aromatic rings. The van der Waals surface area contributed by atoms with Crippen LogP contribution in [0.3, 0.4) is 0 Å². The van der Waals surface area contributed by atoms with E-state index in [1.54, 1.807) is 6.07 Å². The Hall–Kier alpha value is -3.42. The fourth-order valence-corrected chi connectivity index (χ4v) is 2.21. The van der Waals surface area contributed by atoms with Gasteiger partial charge >= 0.3 is 6.18 Å². The highest BCUT2D eigenvalue weighted by Crippen LogP contribution is 2.29. The number of hydrogen-bond donors (Lipinski definition) is 1. The molecule has 1 atom stereocenters. The second kappa shape index (κ2) is 6.83. The maximum Gasteiger partial charge on any atom is 0.435 e. The molecule has 1 unspecified atom stereocenters. The summed E-state index contributed by atoms with van der Waals surface area (Å²) in [5, 5.41) is 25.6. The molecule has 1 heterocycles. The molecule has 1 aromatic heterocycles. The number of nitrogens with one attached hydrogen (secondary N) is 1. The number of anilines is 1. The van der Waals surface area contributed by atoms with Crippen LogP contribution >= 0.6 is 0 Å². The molecule has 2 rings (SSSR count). The summed E-state index contributed by atoms with van der Waals surface area (Å²) in [6.07, 6.45) is -4.64. The van der Waals surface area contributed by atoms with E-state index in [9.17, 15) is 28.1 Å². The smallest absolute Gasteiger partial charge is 0.323 e. The van der Waals surface area contributed by atoms with E-state index in [1.165, 1.54) is 19.9 Å².